The Morgan fingerprint density at radius 1 is 1.21 bits per heavy atom. The van der Waals surface area contributed by atoms with Gasteiger partial charge in [0.15, 0.2) is 6.61 Å². The zero-order chi connectivity index (χ0) is 16.9. The van der Waals surface area contributed by atoms with Crippen molar-refractivity contribution in [2.75, 3.05) is 11.9 Å². The fourth-order valence-corrected chi connectivity index (χ4v) is 2.67. The highest BCUT2D eigenvalue weighted by Crippen LogP contribution is 2.26. The second-order valence-electron chi connectivity index (χ2n) is 5.92. The van der Waals surface area contributed by atoms with Gasteiger partial charge in [-0.3, -0.25) is 9.59 Å². The van der Waals surface area contributed by atoms with Crippen molar-refractivity contribution in [3.8, 4) is 5.75 Å². The molecule has 3 rings (SSSR count). The van der Waals surface area contributed by atoms with Crippen LogP contribution in [-0.2, 0) is 22.6 Å². The van der Waals surface area contributed by atoms with Crippen molar-refractivity contribution < 1.29 is 14.3 Å². The van der Waals surface area contributed by atoms with Crippen molar-refractivity contribution in [3.63, 3.8) is 0 Å². The van der Waals surface area contributed by atoms with Gasteiger partial charge in [-0.05, 0) is 42.7 Å². The number of carbonyl (C=O) groups excluding carboxylic acids is 2. The molecule has 0 spiro atoms. The van der Waals surface area contributed by atoms with E-state index in [2.05, 4.69) is 10.6 Å². The third kappa shape index (κ3) is 4.13. The van der Waals surface area contributed by atoms with Crippen molar-refractivity contribution >= 4 is 17.5 Å². The van der Waals surface area contributed by atoms with Gasteiger partial charge in [-0.2, -0.15) is 0 Å². The van der Waals surface area contributed by atoms with Crippen molar-refractivity contribution in [1.29, 1.82) is 0 Å². The van der Waals surface area contributed by atoms with Crippen LogP contribution < -0.4 is 15.4 Å². The van der Waals surface area contributed by atoms with E-state index in [1.54, 1.807) is 6.07 Å². The molecule has 0 radical (unpaired) electrons. The van der Waals surface area contributed by atoms with Gasteiger partial charge in [-0.15, -0.1) is 0 Å². The Labute approximate surface area is 141 Å². The van der Waals surface area contributed by atoms with Crippen molar-refractivity contribution in [2.24, 2.45) is 0 Å². The Morgan fingerprint density at radius 3 is 2.92 bits per heavy atom. The quantitative estimate of drug-likeness (QED) is 0.888. The van der Waals surface area contributed by atoms with Crippen molar-refractivity contribution in [1.82, 2.24) is 5.32 Å². The van der Waals surface area contributed by atoms with E-state index in [1.165, 1.54) is 5.56 Å². The number of hydrogen-bond donors (Lipinski definition) is 2. The molecule has 0 saturated carbocycles. The molecule has 0 aliphatic carbocycles. The number of anilines is 1. The van der Waals surface area contributed by atoms with Crippen LogP contribution in [0.1, 0.15) is 23.1 Å². The smallest absolute Gasteiger partial charge is 0.258 e. The zero-order valence-corrected chi connectivity index (χ0v) is 13.6. The Bertz CT molecular complexity index is 771. The Morgan fingerprint density at radius 2 is 2.08 bits per heavy atom. The van der Waals surface area contributed by atoms with E-state index >= 15 is 0 Å². The maximum absolute atomic E-state index is 11.9. The maximum Gasteiger partial charge on any atom is 0.258 e. The largest absolute Gasteiger partial charge is 0.484 e. The highest BCUT2D eigenvalue weighted by Gasteiger charge is 2.15. The van der Waals surface area contributed by atoms with Crippen LogP contribution in [0.15, 0.2) is 42.5 Å². The van der Waals surface area contributed by atoms with Crippen LogP contribution in [0.4, 0.5) is 5.69 Å². The summed E-state index contributed by atoms with van der Waals surface area (Å²) < 4.78 is 5.55. The standard InChI is InChI=1S/C19H20N2O3/c1-13-3-2-4-14(9-13)11-20-19(23)12-24-16-6-7-17-15(10-16)5-8-18(22)21-17/h2-4,6-7,9-10H,5,8,11-12H2,1H3,(H,20,23)(H,21,22). The van der Waals surface area contributed by atoms with E-state index in [9.17, 15) is 9.59 Å². The Kier molecular flexibility index (Phi) is 4.79. The van der Waals surface area contributed by atoms with Crippen molar-refractivity contribution in [2.45, 2.75) is 26.3 Å². The van der Waals surface area contributed by atoms with E-state index in [0.29, 0.717) is 25.1 Å². The summed E-state index contributed by atoms with van der Waals surface area (Å²) in [7, 11) is 0. The number of carbonyl (C=O) groups is 2. The summed E-state index contributed by atoms with van der Waals surface area (Å²) in [6, 6.07) is 13.5. The molecule has 0 bridgehead atoms. The number of amides is 2. The molecule has 2 amide bonds. The molecule has 1 heterocycles. The molecule has 0 unspecified atom stereocenters. The minimum absolute atomic E-state index is 0.0308. The van der Waals surface area contributed by atoms with Crippen LogP contribution in [0.3, 0.4) is 0 Å². The lowest BCUT2D eigenvalue weighted by atomic mass is 10.0. The number of ether oxygens (including phenoxy) is 1. The molecule has 1 aliphatic heterocycles. The highest BCUT2D eigenvalue weighted by molar-refractivity contribution is 5.94. The third-order valence-corrected chi connectivity index (χ3v) is 3.91. The highest BCUT2D eigenvalue weighted by atomic mass is 16.5. The lowest BCUT2D eigenvalue weighted by Crippen LogP contribution is -2.28. The second-order valence-corrected chi connectivity index (χ2v) is 5.92. The molecule has 0 atom stereocenters. The molecule has 0 saturated heterocycles. The fraction of sp³-hybridized carbons (Fsp3) is 0.263. The number of rotatable bonds is 5. The van der Waals surface area contributed by atoms with Crippen LogP contribution in [0, 0.1) is 6.92 Å². The van der Waals surface area contributed by atoms with Gasteiger partial charge in [0.1, 0.15) is 5.75 Å². The van der Waals surface area contributed by atoms with Gasteiger partial charge in [0.25, 0.3) is 5.91 Å². The molecule has 2 aromatic carbocycles. The van der Waals surface area contributed by atoms with Crippen LogP contribution in [0.2, 0.25) is 0 Å². The van der Waals surface area contributed by atoms with Gasteiger partial charge < -0.3 is 15.4 Å². The fourth-order valence-electron chi connectivity index (χ4n) is 2.67. The molecule has 1 aliphatic rings. The minimum atomic E-state index is -0.164. The minimum Gasteiger partial charge on any atom is -0.484 e. The van der Waals surface area contributed by atoms with Crippen molar-refractivity contribution in [3.05, 3.63) is 59.2 Å². The van der Waals surface area contributed by atoms with Gasteiger partial charge in [-0.1, -0.05) is 29.8 Å². The summed E-state index contributed by atoms with van der Waals surface area (Å²) in [5, 5.41) is 5.66. The topological polar surface area (TPSA) is 67.4 Å². The molecule has 24 heavy (non-hydrogen) atoms. The van der Waals surface area contributed by atoms with Crippen LogP contribution in [0.5, 0.6) is 5.75 Å². The number of benzene rings is 2. The van der Waals surface area contributed by atoms with Gasteiger partial charge in [-0.25, -0.2) is 0 Å². The number of nitrogens with one attached hydrogen (secondary N) is 2. The van der Waals surface area contributed by atoms with Gasteiger partial charge in [0.2, 0.25) is 5.91 Å². The monoisotopic (exact) mass is 324 g/mol. The molecule has 0 fully saturated rings. The van der Waals surface area contributed by atoms with Gasteiger partial charge >= 0.3 is 0 Å². The third-order valence-electron chi connectivity index (χ3n) is 3.91. The molecule has 2 N–H and O–H groups in total. The first-order valence-corrected chi connectivity index (χ1v) is 7.98. The maximum atomic E-state index is 11.9. The summed E-state index contributed by atoms with van der Waals surface area (Å²) in [6.07, 6.45) is 1.17. The summed E-state index contributed by atoms with van der Waals surface area (Å²) in [6.45, 7) is 2.48. The first kappa shape index (κ1) is 16.1. The predicted molar refractivity (Wildman–Crippen MR) is 91.9 cm³/mol. The summed E-state index contributed by atoms with van der Waals surface area (Å²) in [5.41, 5.74) is 4.08. The molecule has 2 aromatic rings. The Balaban J connectivity index is 1.50. The SMILES string of the molecule is Cc1cccc(CNC(=O)COc2ccc3c(c2)CCC(=O)N3)c1. The van der Waals surface area contributed by atoms with E-state index in [4.69, 9.17) is 4.74 Å². The number of hydrogen-bond acceptors (Lipinski definition) is 3. The molecule has 5 heteroatoms. The second kappa shape index (κ2) is 7.17. The first-order chi connectivity index (χ1) is 11.6. The van der Waals surface area contributed by atoms with Crippen LogP contribution >= 0.6 is 0 Å². The number of aryl methyl sites for hydroxylation is 2. The molecule has 5 nitrogen and oxygen atoms in total. The summed E-state index contributed by atoms with van der Waals surface area (Å²) >= 11 is 0. The molecule has 124 valence electrons. The van der Waals surface area contributed by atoms with E-state index in [0.717, 1.165) is 16.8 Å². The van der Waals surface area contributed by atoms with Gasteiger partial charge in [0, 0.05) is 18.7 Å². The summed E-state index contributed by atoms with van der Waals surface area (Å²) in [5.74, 6) is 0.504. The predicted octanol–water partition coefficient (Wildman–Crippen LogP) is 2.57. The van der Waals surface area contributed by atoms with E-state index in [-0.39, 0.29) is 18.4 Å². The number of fused-ring (bicyclic) bond motifs is 1. The van der Waals surface area contributed by atoms with Crippen LogP contribution in [0.25, 0.3) is 0 Å². The molecular formula is C19H20N2O3. The average Bonchev–Trinajstić information content (AvgIpc) is 2.58. The molecular weight excluding hydrogens is 304 g/mol. The lowest BCUT2D eigenvalue weighted by Gasteiger charge is -2.17. The first-order valence-electron chi connectivity index (χ1n) is 7.98. The van der Waals surface area contributed by atoms with Gasteiger partial charge in [0.05, 0.1) is 0 Å². The van der Waals surface area contributed by atoms with Crippen LogP contribution in [-0.4, -0.2) is 18.4 Å². The zero-order valence-electron chi connectivity index (χ0n) is 13.6. The Hall–Kier alpha value is -2.82. The summed E-state index contributed by atoms with van der Waals surface area (Å²) in [4.78, 5) is 23.3. The average molecular weight is 324 g/mol. The lowest BCUT2D eigenvalue weighted by molar-refractivity contribution is -0.123. The normalized spacial score (nSPS) is 13.0. The molecule has 0 aromatic heterocycles. The van der Waals surface area contributed by atoms with E-state index < -0.39 is 0 Å². The van der Waals surface area contributed by atoms with E-state index in [1.807, 2.05) is 43.3 Å².